The number of nitrogens with one attached hydrogen (secondary N) is 1. The van der Waals surface area contributed by atoms with Gasteiger partial charge in [0.1, 0.15) is 0 Å². The SMILES string of the molecule is Cc1cc(S(=O)(=O)NC(=O)c2cncc(C(C)(F)F)c2)ccc1C#N. The third-order valence-electron chi connectivity index (χ3n) is 3.36. The zero-order valence-corrected chi connectivity index (χ0v) is 14.1. The van der Waals surface area contributed by atoms with Gasteiger partial charge >= 0.3 is 0 Å². The van der Waals surface area contributed by atoms with Crippen LogP contribution in [-0.4, -0.2) is 19.3 Å². The molecule has 9 heteroatoms. The van der Waals surface area contributed by atoms with Crippen molar-refractivity contribution in [2.45, 2.75) is 24.7 Å². The van der Waals surface area contributed by atoms with Gasteiger partial charge in [-0.05, 0) is 36.8 Å². The minimum atomic E-state index is -4.23. The lowest BCUT2D eigenvalue weighted by atomic mass is 10.1. The van der Waals surface area contributed by atoms with Crippen LogP contribution in [0.2, 0.25) is 0 Å². The highest BCUT2D eigenvalue weighted by atomic mass is 32.2. The van der Waals surface area contributed by atoms with Crippen molar-refractivity contribution in [3.05, 3.63) is 58.9 Å². The fourth-order valence-corrected chi connectivity index (χ4v) is 3.03. The number of benzene rings is 1. The molecule has 1 aromatic carbocycles. The fourth-order valence-electron chi connectivity index (χ4n) is 1.97. The predicted octanol–water partition coefficient (Wildman–Crippen LogP) is 2.49. The number of pyridine rings is 1. The van der Waals surface area contributed by atoms with Crippen molar-refractivity contribution in [2.24, 2.45) is 0 Å². The van der Waals surface area contributed by atoms with Crippen molar-refractivity contribution in [2.75, 3.05) is 0 Å². The highest BCUT2D eigenvalue weighted by molar-refractivity contribution is 7.90. The molecule has 6 nitrogen and oxygen atoms in total. The highest BCUT2D eigenvalue weighted by Gasteiger charge is 2.26. The second kappa shape index (κ2) is 6.57. The molecule has 0 unspecified atom stereocenters. The van der Waals surface area contributed by atoms with Gasteiger partial charge in [0.2, 0.25) is 0 Å². The summed E-state index contributed by atoms with van der Waals surface area (Å²) in [4.78, 5) is 15.4. The molecule has 0 aliphatic carbocycles. The number of nitrogens with zero attached hydrogens (tertiary/aromatic N) is 2. The molecule has 2 aromatic rings. The summed E-state index contributed by atoms with van der Waals surface area (Å²) in [5, 5.41) is 8.86. The first-order chi connectivity index (χ1) is 11.5. The van der Waals surface area contributed by atoms with Crippen molar-refractivity contribution in [3.63, 3.8) is 0 Å². The van der Waals surface area contributed by atoms with Gasteiger partial charge in [0.05, 0.1) is 22.1 Å². The number of rotatable bonds is 4. The first-order valence-electron chi connectivity index (χ1n) is 6.96. The quantitative estimate of drug-likeness (QED) is 0.897. The lowest BCUT2D eigenvalue weighted by molar-refractivity contribution is 0.0171. The molecule has 0 saturated carbocycles. The number of aryl methyl sites for hydroxylation is 1. The van der Waals surface area contributed by atoms with Crippen molar-refractivity contribution < 1.29 is 22.0 Å². The third kappa shape index (κ3) is 4.16. The van der Waals surface area contributed by atoms with Gasteiger partial charge in [-0.1, -0.05) is 0 Å². The summed E-state index contributed by atoms with van der Waals surface area (Å²) in [6.07, 6.45) is 1.89. The Hall–Kier alpha value is -2.86. The molecular formula is C16H13F2N3O3S. The second-order valence-corrected chi connectivity index (χ2v) is 7.06. The van der Waals surface area contributed by atoms with Crippen LogP contribution in [0.1, 0.15) is 34.0 Å². The van der Waals surface area contributed by atoms with E-state index in [1.54, 1.807) is 11.6 Å². The van der Waals surface area contributed by atoms with Crippen LogP contribution in [0.25, 0.3) is 0 Å². The molecule has 1 amide bonds. The first-order valence-corrected chi connectivity index (χ1v) is 8.44. The van der Waals surface area contributed by atoms with E-state index in [1.165, 1.54) is 18.2 Å². The van der Waals surface area contributed by atoms with Crippen LogP contribution >= 0.6 is 0 Å². The summed E-state index contributed by atoms with van der Waals surface area (Å²) in [6, 6.07) is 6.51. The number of sulfonamides is 1. The van der Waals surface area contributed by atoms with Gasteiger partial charge in [0, 0.05) is 24.9 Å². The van der Waals surface area contributed by atoms with Gasteiger partial charge in [-0.25, -0.2) is 21.9 Å². The zero-order chi connectivity index (χ0) is 18.8. The smallest absolute Gasteiger partial charge is 0.268 e. The average Bonchev–Trinajstić information content (AvgIpc) is 2.53. The molecule has 0 fully saturated rings. The van der Waals surface area contributed by atoms with Gasteiger partial charge in [-0.3, -0.25) is 9.78 Å². The molecular weight excluding hydrogens is 352 g/mol. The Labute approximate surface area is 143 Å². The lowest BCUT2D eigenvalue weighted by Crippen LogP contribution is -2.31. The monoisotopic (exact) mass is 365 g/mol. The van der Waals surface area contributed by atoms with E-state index < -0.39 is 27.4 Å². The van der Waals surface area contributed by atoms with Gasteiger partial charge in [0.15, 0.2) is 0 Å². The number of hydrogen-bond acceptors (Lipinski definition) is 5. The molecule has 0 bridgehead atoms. The Balaban J connectivity index is 2.31. The fraction of sp³-hybridized carbons (Fsp3) is 0.188. The summed E-state index contributed by atoms with van der Waals surface area (Å²) in [7, 11) is -4.23. The zero-order valence-electron chi connectivity index (χ0n) is 13.2. The molecule has 0 aliphatic heterocycles. The minimum absolute atomic E-state index is 0.220. The van der Waals surface area contributed by atoms with E-state index in [0.29, 0.717) is 18.1 Å². The second-order valence-electron chi connectivity index (χ2n) is 5.37. The van der Waals surface area contributed by atoms with E-state index >= 15 is 0 Å². The number of halogens is 2. The van der Waals surface area contributed by atoms with Crippen molar-refractivity contribution >= 4 is 15.9 Å². The Bertz CT molecular complexity index is 977. The maximum atomic E-state index is 13.3. The van der Waals surface area contributed by atoms with E-state index in [-0.39, 0.29) is 10.5 Å². The van der Waals surface area contributed by atoms with Crippen molar-refractivity contribution in [1.29, 1.82) is 5.26 Å². The lowest BCUT2D eigenvalue weighted by Gasteiger charge is -2.12. The number of alkyl halides is 2. The topological polar surface area (TPSA) is 99.9 Å². The van der Waals surface area contributed by atoms with E-state index in [1.807, 2.05) is 6.07 Å². The highest BCUT2D eigenvalue weighted by Crippen LogP contribution is 2.26. The molecule has 25 heavy (non-hydrogen) atoms. The number of amides is 1. The van der Waals surface area contributed by atoms with Crippen LogP contribution in [0.3, 0.4) is 0 Å². The number of carbonyl (C=O) groups is 1. The maximum Gasteiger partial charge on any atom is 0.272 e. The van der Waals surface area contributed by atoms with E-state index in [0.717, 1.165) is 18.5 Å². The maximum absolute atomic E-state index is 13.3. The third-order valence-corrected chi connectivity index (χ3v) is 4.69. The summed E-state index contributed by atoms with van der Waals surface area (Å²) in [6.45, 7) is 2.19. The molecule has 2 rings (SSSR count). The van der Waals surface area contributed by atoms with Crippen LogP contribution in [0.4, 0.5) is 8.78 Å². The molecule has 1 aromatic heterocycles. The van der Waals surface area contributed by atoms with E-state index in [9.17, 15) is 22.0 Å². The Morgan fingerprint density at radius 1 is 1.28 bits per heavy atom. The van der Waals surface area contributed by atoms with Crippen molar-refractivity contribution in [3.8, 4) is 6.07 Å². The van der Waals surface area contributed by atoms with Gasteiger partial charge in [0.25, 0.3) is 21.9 Å². The largest absolute Gasteiger partial charge is 0.272 e. The molecule has 0 atom stereocenters. The van der Waals surface area contributed by atoms with Gasteiger partial charge < -0.3 is 0 Å². The molecule has 130 valence electrons. The van der Waals surface area contributed by atoms with Gasteiger partial charge in [-0.2, -0.15) is 5.26 Å². The Kier molecular flexibility index (Phi) is 4.85. The van der Waals surface area contributed by atoms with Crippen LogP contribution in [0.15, 0.2) is 41.6 Å². The predicted molar refractivity (Wildman–Crippen MR) is 84.4 cm³/mol. The molecule has 0 aliphatic rings. The van der Waals surface area contributed by atoms with E-state index in [4.69, 9.17) is 5.26 Å². The number of hydrogen-bond donors (Lipinski definition) is 1. The first kappa shape index (κ1) is 18.5. The Morgan fingerprint density at radius 2 is 1.96 bits per heavy atom. The minimum Gasteiger partial charge on any atom is -0.268 e. The van der Waals surface area contributed by atoms with Crippen molar-refractivity contribution in [1.82, 2.24) is 9.71 Å². The van der Waals surface area contributed by atoms with Crippen LogP contribution < -0.4 is 4.72 Å². The molecule has 0 saturated heterocycles. The number of carbonyl (C=O) groups excluding carboxylic acids is 1. The summed E-state index contributed by atoms with van der Waals surface area (Å²) in [5.74, 6) is -4.30. The standard InChI is InChI=1S/C16H13F2N3O3S/c1-10-5-14(4-3-11(10)7-19)25(23,24)21-15(22)12-6-13(9-20-8-12)16(2,17)18/h3-6,8-9H,1-2H3,(H,21,22). The molecule has 1 heterocycles. The molecule has 0 radical (unpaired) electrons. The number of aromatic nitrogens is 1. The summed E-state index contributed by atoms with van der Waals surface area (Å²) < 4.78 is 52.9. The number of nitriles is 1. The Morgan fingerprint density at radius 3 is 2.52 bits per heavy atom. The normalized spacial score (nSPS) is 11.6. The molecule has 1 N–H and O–H groups in total. The summed E-state index contributed by atoms with van der Waals surface area (Å²) >= 11 is 0. The van der Waals surface area contributed by atoms with Crippen LogP contribution in [0.5, 0.6) is 0 Å². The van der Waals surface area contributed by atoms with Crippen LogP contribution in [-0.2, 0) is 15.9 Å². The average molecular weight is 365 g/mol. The van der Waals surface area contributed by atoms with Crippen LogP contribution in [0, 0.1) is 18.3 Å². The molecule has 0 spiro atoms. The van der Waals surface area contributed by atoms with Gasteiger partial charge in [-0.15, -0.1) is 0 Å². The summed E-state index contributed by atoms with van der Waals surface area (Å²) in [5.41, 5.74) is -0.0980. The van der Waals surface area contributed by atoms with E-state index in [2.05, 4.69) is 4.98 Å².